The molecule has 108 valence electrons. The molecular formula is C14H14F4N2. The summed E-state index contributed by atoms with van der Waals surface area (Å²) in [7, 11) is 0. The van der Waals surface area contributed by atoms with Gasteiger partial charge in [-0.2, -0.15) is 13.2 Å². The Balaban J connectivity index is 2.74. The molecule has 1 aromatic carbocycles. The fourth-order valence-electron chi connectivity index (χ4n) is 2.02. The van der Waals surface area contributed by atoms with Crippen LogP contribution in [0.3, 0.4) is 0 Å². The van der Waals surface area contributed by atoms with Crippen molar-refractivity contribution in [1.82, 2.24) is 4.98 Å². The zero-order valence-corrected chi connectivity index (χ0v) is 11.1. The summed E-state index contributed by atoms with van der Waals surface area (Å²) >= 11 is 0. The van der Waals surface area contributed by atoms with Crippen LogP contribution >= 0.6 is 0 Å². The first-order valence-electron chi connectivity index (χ1n) is 6.25. The number of anilines is 1. The van der Waals surface area contributed by atoms with Crippen molar-refractivity contribution in [1.29, 1.82) is 0 Å². The minimum Gasteiger partial charge on any atom is -0.384 e. The fourth-order valence-corrected chi connectivity index (χ4v) is 2.02. The van der Waals surface area contributed by atoms with Crippen LogP contribution in [0.1, 0.15) is 24.6 Å². The Bertz CT molecular complexity index is 635. The Morgan fingerprint density at radius 3 is 2.55 bits per heavy atom. The number of hydrogen-bond donors (Lipinski definition) is 1. The van der Waals surface area contributed by atoms with Crippen molar-refractivity contribution < 1.29 is 17.6 Å². The number of pyridine rings is 1. The highest BCUT2D eigenvalue weighted by Gasteiger charge is 2.34. The van der Waals surface area contributed by atoms with Crippen LogP contribution in [0.2, 0.25) is 0 Å². The molecule has 0 spiro atoms. The molecule has 0 unspecified atom stereocenters. The van der Waals surface area contributed by atoms with Gasteiger partial charge in [0.1, 0.15) is 17.0 Å². The van der Waals surface area contributed by atoms with Gasteiger partial charge in [0.25, 0.3) is 0 Å². The van der Waals surface area contributed by atoms with Crippen LogP contribution in [-0.4, -0.2) is 11.5 Å². The number of halogens is 4. The predicted octanol–water partition coefficient (Wildman–Crippen LogP) is 4.52. The van der Waals surface area contributed by atoms with Crippen molar-refractivity contribution in [2.75, 3.05) is 11.9 Å². The second-order valence-electron chi connectivity index (χ2n) is 4.57. The Morgan fingerprint density at radius 2 is 1.95 bits per heavy atom. The first-order chi connectivity index (χ1) is 9.34. The summed E-state index contributed by atoms with van der Waals surface area (Å²) in [6.45, 7) is 4.12. The van der Waals surface area contributed by atoms with Gasteiger partial charge < -0.3 is 5.32 Å². The van der Waals surface area contributed by atoms with Gasteiger partial charge in [0.15, 0.2) is 0 Å². The van der Waals surface area contributed by atoms with E-state index in [-0.39, 0.29) is 11.2 Å². The first kappa shape index (κ1) is 14.6. The van der Waals surface area contributed by atoms with Crippen LogP contribution < -0.4 is 5.32 Å². The summed E-state index contributed by atoms with van der Waals surface area (Å²) < 4.78 is 52.3. The molecule has 0 saturated carbocycles. The molecule has 0 amide bonds. The van der Waals surface area contributed by atoms with Crippen molar-refractivity contribution >= 4 is 16.6 Å². The zero-order valence-electron chi connectivity index (χ0n) is 11.1. The molecule has 0 saturated heterocycles. The molecule has 0 bridgehead atoms. The molecule has 0 aliphatic rings. The first-order valence-corrected chi connectivity index (χ1v) is 6.25. The molecular weight excluding hydrogens is 272 g/mol. The third kappa shape index (κ3) is 2.69. The van der Waals surface area contributed by atoms with E-state index >= 15 is 0 Å². The fraction of sp³-hybridized carbons (Fsp3) is 0.357. The molecule has 1 aromatic heterocycles. The molecule has 0 atom stereocenters. The molecule has 2 aromatic rings. The van der Waals surface area contributed by atoms with Crippen LogP contribution in [0.25, 0.3) is 10.9 Å². The maximum Gasteiger partial charge on any atom is 0.433 e. The predicted molar refractivity (Wildman–Crippen MR) is 70.2 cm³/mol. The Kier molecular flexibility index (Phi) is 3.83. The largest absolute Gasteiger partial charge is 0.433 e. The van der Waals surface area contributed by atoms with Crippen LogP contribution in [-0.2, 0) is 6.18 Å². The average Bonchev–Trinajstić information content (AvgIpc) is 2.39. The summed E-state index contributed by atoms with van der Waals surface area (Å²) in [4.78, 5) is 3.44. The number of alkyl halides is 3. The van der Waals surface area contributed by atoms with E-state index in [9.17, 15) is 17.6 Å². The second-order valence-corrected chi connectivity index (χ2v) is 4.57. The maximum atomic E-state index is 13.8. The number of hydrogen-bond acceptors (Lipinski definition) is 2. The Morgan fingerprint density at radius 1 is 1.25 bits per heavy atom. The lowest BCUT2D eigenvalue weighted by Gasteiger charge is -2.15. The van der Waals surface area contributed by atoms with E-state index in [1.54, 1.807) is 6.92 Å². The van der Waals surface area contributed by atoms with Gasteiger partial charge in [0.2, 0.25) is 0 Å². The second kappa shape index (κ2) is 5.26. The van der Waals surface area contributed by atoms with Gasteiger partial charge >= 0.3 is 6.18 Å². The SMILES string of the molecule is CCCNc1cc(C(F)(F)F)nc2c(F)ccc(C)c12. The van der Waals surface area contributed by atoms with Crippen LogP contribution in [0, 0.1) is 12.7 Å². The minimum absolute atomic E-state index is 0.251. The molecule has 0 radical (unpaired) electrons. The number of benzene rings is 1. The Hall–Kier alpha value is -1.85. The lowest BCUT2D eigenvalue weighted by atomic mass is 10.1. The maximum absolute atomic E-state index is 13.8. The molecule has 1 N–H and O–H groups in total. The van der Waals surface area contributed by atoms with Crippen molar-refractivity contribution in [2.45, 2.75) is 26.4 Å². The van der Waals surface area contributed by atoms with Crippen molar-refractivity contribution in [3.05, 3.63) is 35.3 Å². The molecule has 2 rings (SSSR count). The molecule has 0 aliphatic carbocycles. The van der Waals surface area contributed by atoms with Gasteiger partial charge in [-0.15, -0.1) is 0 Å². The van der Waals surface area contributed by atoms with Crippen LogP contribution in [0.15, 0.2) is 18.2 Å². The number of rotatable bonds is 3. The quantitative estimate of drug-likeness (QED) is 0.839. The third-order valence-corrected chi connectivity index (χ3v) is 2.98. The van der Waals surface area contributed by atoms with Gasteiger partial charge in [-0.25, -0.2) is 9.37 Å². The normalized spacial score (nSPS) is 11.9. The monoisotopic (exact) mass is 286 g/mol. The topological polar surface area (TPSA) is 24.9 Å². The molecule has 20 heavy (non-hydrogen) atoms. The average molecular weight is 286 g/mol. The minimum atomic E-state index is -4.60. The number of aromatic nitrogens is 1. The molecule has 1 heterocycles. The number of fused-ring (bicyclic) bond motifs is 1. The summed E-state index contributed by atoms with van der Waals surface area (Å²) in [5, 5.41) is 3.31. The van der Waals surface area contributed by atoms with Gasteiger partial charge in [0.05, 0.1) is 0 Å². The van der Waals surface area contributed by atoms with E-state index in [0.29, 0.717) is 17.5 Å². The van der Waals surface area contributed by atoms with E-state index in [4.69, 9.17) is 0 Å². The number of aryl methyl sites for hydroxylation is 1. The molecule has 6 heteroatoms. The highest BCUT2D eigenvalue weighted by molar-refractivity contribution is 5.94. The van der Waals surface area contributed by atoms with E-state index in [1.165, 1.54) is 6.07 Å². The Labute approximate surface area is 113 Å². The lowest BCUT2D eigenvalue weighted by molar-refractivity contribution is -0.140. The van der Waals surface area contributed by atoms with E-state index in [2.05, 4.69) is 10.3 Å². The zero-order chi connectivity index (χ0) is 14.9. The third-order valence-electron chi connectivity index (χ3n) is 2.98. The highest BCUT2D eigenvalue weighted by atomic mass is 19.4. The van der Waals surface area contributed by atoms with Gasteiger partial charge in [-0.3, -0.25) is 0 Å². The van der Waals surface area contributed by atoms with Crippen LogP contribution in [0.5, 0.6) is 0 Å². The van der Waals surface area contributed by atoms with Crippen molar-refractivity contribution in [3.8, 4) is 0 Å². The van der Waals surface area contributed by atoms with Gasteiger partial charge in [-0.05, 0) is 31.0 Å². The smallest absolute Gasteiger partial charge is 0.384 e. The summed E-state index contributed by atoms with van der Waals surface area (Å²) in [5.74, 6) is -0.753. The molecule has 0 fully saturated rings. The van der Waals surface area contributed by atoms with Crippen LogP contribution in [0.4, 0.5) is 23.2 Å². The standard InChI is InChI=1S/C14H14F4N2/c1-3-6-19-10-7-11(14(16,17)18)20-13-9(15)5-4-8(2)12(10)13/h4-5,7H,3,6H2,1-2H3,(H,19,20). The lowest BCUT2D eigenvalue weighted by Crippen LogP contribution is -2.11. The van der Waals surface area contributed by atoms with Gasteiger partial charge in [-0.1, -0.05) is 13.0 Å². The van der Waals surface area contributed by atoms with E-state index in [0.717, 1.165) is 18.6 Å². The summed E-state index contributed by atoms with van der Waals surface area (Å²) in [6.07, 6.45) is -3.85. The molecule has 2 nitrogen and oxygen atoms in total. The van der Waals surface area contributed by atoms with E-state index in [1.807, 2.05) is 6.92 Å². The highest BCUT2D eigenvalue weighted by Crippen LogP contribution is 2.35. The van der Waals surface area contributed by atoms with Crippen molar-refractivity contribution in [3.63, 3.8) is 0 Å². The van der Waals surface area contributed by atoms with E-state index < -0.39 is 17.7 Å². The number of nitrogens with one attached hydrogen (secondary N) is 1. The molecule has 0 aliphatic heterocycles. The van der Waals surface area contributed by atoms with Crippen molar-refractivity contribution in [2.24, 2.45) is 0 Å². The summed E-state index contributed by atoms with van der Waals surface area (Å²) in [5.41, 5.74) is -0.395. The van der Waals surface area contributed by atoms with Gasteiger partial charge in [0, 0.05) is 17.6 Å². The number of nitrogens with zero attached hydrogens (tertiary/aromatic N) is 1. The summed E-state index contributed by atoms with van der Waals surface area (Å²) in [6, 6.07) is 3.60.